The monoisotopic (exact) mass is 377 g/mol. The number of nitrogens with zero attached hydrogens (tertiary/aromatic N) is 3. The highest BCUT2D eigenvalue weighted by Gasteiger charge is 2.27. The van der Waals surface area contributed by atoms with Crippen LogP contribution in [0.25, 0.3) is 22.6 Å². The summed E-state index contributed by atoms with van der Waals surface area (Å²) >= 11 is 0. The highest BCUT2D eigenvalue weighted by Crippen LogP contribution is 2.32. The Bertz CT molecular complexity index is 1190. The Morgan fingerprint density at radius 3 is 2.18 bits per heavy atom. The van der Waals surface area contributed by atoms with E-state index in [1.165, 1.54) is 6.07 Å². The van der Waals surface area contributed by atoms with Gasteiger partial charge in [-0.25, -0.2) is 0 Å². The molecule has 4 aromatic rings. The average Bonchev–Trinajstić information content (AvgIpc) is 3.14. The lowest BCUT2D eigenvalue weighted by Gasteiger charge is -2.24. The summed E-state index contributed by atoms with van der Waals surface area (Å²) < 4.78 is 34.9. The molecule has 6 heteroatoms. The lowest BCUT2D eigenvalue weighted by atomic mass is 9.84. The van der Waals surface area contributed by atoms with Crippen molar-refractivity contribution >= 4 is 0 Å². The van der Waals surface area contributed by atoms with Gasteiger partial charge in [-0.15, -0.1) is 0 Å². The first-order valence-electron chi connectivity index (χ1n) is 9.27. The molecular weight excluding hydrogens is 358 g/mol. The fourth-order valence-corrected chi connectivity index (χ4v) is 3.03. The Morgan fingerprint density at radius 1 is 0.857 bits per heavy atom. The average molecular weight is 377 g/mol. The summed E-state index contributed by atoms with van der Waals surface area (Å²) in [5.41, 5.74) is 2.88. The molecule has 0 unspecified atom stereocenters. The molecule has 0 radical (unpaired) electrons. The van der Waals surface area contributed by atoms with Crippen molar-refractivity contribution in [3.8, 4) is 22.6 Å². The molecule has 0 aliphatic rings. The van der Waals surface area contributed by atoms with E-state index in [1.807, 2.05) is 38.1 Å². The third-order valence-corrected chi connectivity index (χ3v) is 4.68. The van der Waals surface area contributed by atoms with E-state index < -0.39 is 17.3 Å². The molecule has 0 saturated heterocycles. The van der Waals surface area contributed by atoms with E-state index in [4.69, 9.17) is 6.35 Å². The van der Waals surface area contributed by atoms with Gasteiger partial charge in [-0.2, -0.15) is 13.8 Å². The largest absolute Gasteiger partial charge is 0.360 e. The van der Waals surface area contributed by atoms with Gasteiger partial charge in [0.05, 0.1) is 35.4 Å². The normalized spacial score (nSPS) is 12.1. The number of H-pyrrole nitrogens is 1. The second kappa shape index (κ2) is 6.96. The molecule has 0 aromatic carbocycles. The van der Waals surface area contributed by atoms with Gasteiger partial charge in [0.1, 0.15) is 0 Å². The van der Waals surface area contributed by atoms with Crippen molar-refractivity contribution in [1.82, 2.24) is 19.9 Å². The number of aromatic amines is 1. The van der Waals surface area contributed by atoms with E-state index in [0.717, 1.165) is 23.1 Å². The fraction of sp³-hybridized carbons (Fsp3) is 0.136. The van der Waals surface area contributed by atoms with Crippen LogP contribution in [0.4, 0.5) is 8.78 Å². The molecule has 0 fully saturated rings. The van der Waals surface area contributed by atoms with Gasteiger partial charge in [0.25, 0.3) is 0 Å². The second-order valence-corrected chi connectivity index (χ2v) is 6.93. The van der Waals surface area contributed by atoms with Gasteiger partial charge in [0, 0.05) is 11.6 Å². The van der Waals surface area contributed by atoms with E-state index in [0.29, 0.717) is 17.4 Å². The summed E-state index contributed by atoms with van der Waals surface area (Å²) in [5, 5.41) is 0. The highest BCUT2D eigenvalue weighted by molar-refractivity contribution is 5.59. The number of hydrogen-bond acceptors (Lipinski definition) is 3. The zero-order chi connectivity index (χ0) is 20.6. The van der Waals surface area contributed by atoms with Crippen LogP contribution in [-0.2, 0) is 5.41 Å². The molecule has 0 saturated carbocycles. The molecule has 0 aliphatic heterocycles. The summed E-state index contributed by atoms with van der Waals surface area (Å²) in [6.07, 6.45) is 1.60. The maximum atomic E-state index is 14.1. The van der Waals surface area contributed by atoms with E-state index in [1.54, 1.807) is 24.4 Å². The van der Waals surface area contributed by atoms with Crippen LogP contribution < -0.4 is 0 Å². The first-order valence-corrected chi connectivity index (χ1v) is 8.77. The quantitative estimate of drug-likeness (QED) is 0.501. The third-order valence-electron chi connectivity index (χ3n) is 4.68. The van der Waals surface area contributed by atoms with Gasteiger partial charge in [0.2, 0.25) is 11.9 Å². The molecule has 28 heavy (non-hydrogen) atoms. The Labute approximate surface area is 162 Å². The molecule has 4 rings (SSSR count). The van der Waals surface area contributed by atoms with Crippen LogP contribution in [0, 0.1) is 11.9 Å². The molecule has 140 valence electrons. The van der Waals surface area contributed by atoms with Crippen molar-refractivity contribution in [3.63, 3.8) is 0 Å². The minimum Gasteiger partial charge on any atom is -0.360 e. The van der Waals surface area contributed by atoms with Crippen LogP contribution in [0.15, 0.2) is 66.8 Å². The predicted molar refractivity (Wildman–Crippen MR) is 104 cm³/mol. The van der Waals surface area contributed by atoms with Crippen molar-refractivity contribution in [2.75, 3.05) is 0 Å². The first-order chi connectivity index (χ1) is 13.8. The molecule has 4 nitrogen and oxygen atoms in total. The maximum absolute atomic E-state index is 14.1. The molecule has 0 aliphatic carbocycles. The van der Waals surface area contributed by atoms with Crippen LogP contribution in [0.5, 0.6) is 0 Å². The SMILES string of the molecule is [2H]c1c[nH]c(-c2cccc(C(C)(C)c3cccc(-c4ccc(F)nc4F)n3)n2)c1. The number of nitrogens with one attached hydrogen (secondary N) is 1. The Kier molecular flexibility index (Phi) is 4.16. The van der Waals surface area contributed by atoms with Crippen molar-refractivity contribution < 1.29 is 10.2 Å². The van der Waals surface area contributed by atoms with Crippen LogP contribution in [0.2, 0.25) is 0 Å². The van der Waals surface area contributed by atoms with Crippen LogP contribution in [0.1, 0.15) is 26.6 Å². The Hall–Kier alpha value is -3.41. The van der Waals surface area contributed by atoms with Crippen LogP contribution in [0.3, 0.4) is 0 Å². The standard InChI is InChI=1S/C22H18F2N4/c1-22(2,19-10-4-7-17(27-19)16-8-5-13-25-16)18-9-3-6-15(26-18)14-11-12-20(23)28-21(14)24/h3-13,25H,1-2H3/i5D. The Balaban J connectivity index is 1.74. The van der Waals surface area contributed by atoms with Gasteiger partial charge in [0.15, 0.2) is 0 Å². The van der Waals surface area contributed by atoms with Gasteiger partial charge in [-0.05, 0) is 62.4 Å². The maximum Gasteiger partial charge on any atom is 0.224 e. The summed E-state index contributed by atoms with van der Waals surface area (Å²) in [5.74, 6) is -1.77. The van der Waals surface area contributed by atoms with Gasteiger partial charge in [-0.3, -0.25) is 9.97 Å². The van der Waals surface area contributed by atoms with Crippen molar-refractivity contribution in [3.05, 3.63) is 90.1 Å². The van der Waals surface area contributed by atoms with Crippen molar-refractivity contribution in [1.29, 1.82) is 0 Å². The molecule has 0 bridgehead atoms. The number of halogens is 2. The van der Waals surface area contributed by atoms with Crippen molar-refractivity contribution in [2.45, 2.75) is 19.3 Å². The minimum absolute atomic E-state index is 0.139. The number of aromatic nitrogens is 4. The lowest BCUT2D eigenvalue weighted by molar-refractivity contribution is 0.514. The zero-order valence-corrected chi connectivity index (χ0v) is 15.4. The highest BCUT2D eigenvalue weighted by atomic mass is 19.1. The summed E-state index contributed by atoms with van der Waals surface area (Å²) in [6.45, 7) is 3.96. The molecule has 0 spiro atoms. The zero-order valence-electron chi connectivity index (χ0n) is 16.4. The molecule has 4 aromatic heterocycles. The van der Waals surface area contributed by atoms with Gasteiger partial charge >= 0.3 is 0 Å². The molecule has 0 amide bonds. The fourth-order valence-electron chi connectivity index (χ4n) is 3.03. The van der Waals surface area contributed by atoms with Crippen molar-refractivity contribution in [2.24, 2.45) is 0 Å². The summed E-state index contributed by atoms with van der Waals surface area (Å²) in [4.78, 5) is 15.6. The molecule has 0 atom stereocenters. The number of hydrogen-bond donors (Lipinski definition) is 1. The molecule has 1 N–H and O–H groups in total. The molecule has 4 heterocycles. The van der Waals surface area contributed by atoms with Crippen LogP contribution >= 0.6 is 0 Å². The molecular formula is C22H18F2N4. The van der Waals surface area contributed by atoms with E-state index in [9.17, 15) is 8.78 Å². The summed E-state index contributed by atoms with van der Waals surface area (Å²) in [6, 6.07) is 15.5. The van der Waals surface area contributed by atoms with E-state index in [-0.39, 0.29) is 5.56 Å². The first kappa shape index (κ1) is 16.7. The van der Waals surface area contributed by atoms with E-state index >= 15 is 0 Å². The topological polar surface area (TPSA) is 54.5 Å². The minimum atomic E-state index is -0.898. The Morgan fingerprint density at radius 2 is 1.54 bits per heavy atom. The lowest BCUT2D eigenvalue weighted by Crippen LogP contribution is -2.22. The predicted octanol–water partition coefficient (Wildman–Crippen LogP) is 5.14. The van der Waals surface area contributed by atoms with Gasteiger partial charge < -0.3 is 4.98 Å². The second-order valence-electron chi connectivity index (χ2n) is 6.93. The van der Waals surface area contributed by atoms with Gasteiger partial charge in [-0.1, -0.05) is 12.1 Å². The number of pyridine rings is 3. The third kappa shape index (κ3) is 3.29. The smallest absolute Gasteiger partial charge is 0.224 e. The van der Waals surface area contributed by atoms with E-state index in [2.05, 4.69) is 15.0 Å². The number of rotatable bonds is 4. The van der Waals surface area contributed by atoms with Crippen LogP contribution in [-0.4, -0.2) is 19.9 Å². The summed E-state index contributed by atoms with van der Waals surface area (Å²) in [7, 11) is 0.